The molecule has 0 saturated heterocycles. The van der Waals surface area contributed by atoms with Crippen molar-refractivity contribution in [3.05, 3.63) is 40.4 Å². The molecule has 3 nitrogen and oxygen atoms in total. The highest BCUT2D eigenvalue weighted by atomic mass is 35.5. The lowest BCUT2D eigenvalue weighted by Gasteiger charge is -2.17. The van der Waals surface area contributed by atoms with Crippen LogP contribution in [0.1, 0.15) is 31.1 Å². The molecule has 0 aliphatic heterocycles. The van der Waals surface area contributed by atoms with Crippen molar-refractivity contribution in [3.8, 4) is 5.75 Å². The zero-order valence-electron chi connectivity index (χ0n) is 11.0. The van der Waals surface area contributed by atoms with Crippen LogP contribution in [0.2, 0.25) is 5.02 Å². The molecule has 0 fully saturated rings. The van der Waals surface area contributed by atoms with E-state index in [1.807, 2.05) is 0 Å². The minimum absolute atomic E-state index is 0.195. The van der Waals surface area contributed by atoms with Crippen LogP contribution >= 0.6 is 11.6 Å². The van der Waals surface area contributed by atoms with E-state index in [1.165, 1.54) is 13.2 Å². The summed E-state index contributed by atoms with van der Waals surface area (Å²) in [6.07, 6.45) is 1.41. The number of hydrogen-bond acceptors (Lipinski definition) is 3. The molecule has 0 atom stereocenters. The molecular weight excluding hydrogens is 252 g/mol. The van der Waals surface area contributed by atoms with Gasteiger partial charge in [0, 0.05) is 5.56 Å². The van der Waals surface area contributed by atoms with Gasteiger partial charge in [0.05, 0.1) is 17.7 Å². The third-order valence-electron chi connectivity index (χ3n) is 2.75. The van der Waals surface area contributed by atoms with Crippen molar-refractivity contribution in [1.29, 1.82) is 0 Å². The summed E-state index contributed by atoms with van der Waals surface area (Å²) in [5.74, 6) is 0.329. The fraction of sp³-hybridized carbons (Fsp3) is 0.357. The zero-order chi connectivity index (χ0) is 13.9. The molecule has 0 amide bonds. The fourth-order valence-electron chi connectivity index (χ4n) is 1.28. The number of ether oxygens (including phenoxy) is 1. The van der Waals surface area contributed by atoms with Gasteiger partial charge in [0.1, 0.15) is 5.75 Å². The summed E-state index contributed by atoms with van der Waals surface area (Å²) in [4.78, 5) is 12.0. The number of carbonyl (C=O) groups excluding carboxylic acids is 1. The molecule has 0 radical (unpaired) electrons. The second-order valence-corrected chi connectivity index (χ2v) is 5.01. The van der Waals surface area contributed by atoms with Crippen LogP contribution in [0.4, 0.5) is 0 Å². The van der Waals surface area contributed by atoms with Crippen LogP contribution in [0.5, 0.6) is 5.75 Å². The average Bonchev–Trinajstić information content (AvgIpc) is 2.27. The standard InChI is InChI=1S/C14H17ClO3/c1-9(14(2,3)17)7-12(16)10-5-6-13(18-4)11(15)8-10/h5-8,17H,1-4H3/b9-7-. The second kappa shape index (κ2) is 5.55. The van der Waals surface area contributed by atoms with E-state index in [4.69, 9.17) is 16.3 Å². The van der Waals surface area contributed by atoms with Gasteiger partial charge in [-0.1, -0.05) is 11.6 Å². The van der Waals surface area contributed by atoms with E-state index in [0.29, 0.717) is 21.9 Å². The number of halogens is 1. The second-order valence-electron chi connectivity index (χ2n) is 4.60. The van der Waals surface area contributed by atoms with Gasteiger partial charge in [0.25, 0.3) is 0 Å². The number of hydrogen-bond donors (Lipinski definition) is 1. The van der Waals surface area contributed by atoms with Crippen LogP contribution in [0, 0.1) is 0 Å². The molecule has 0 unspecified atom stereocenters. The normalized spacial score (nSPS) is 12.4. The van der Waals surface area contributed by atoms with Gasteiger partial charge in [-0.25, -0.2) is 0 Å². The van der Waals surface area contributed by atoms with E-state index >= 15 is 0 Å². The number of allylic oxidation sites excluding steroid dienone is 1. The molecule has 0 aliphatic rings. The summed E-state index contributed by atoms with van der Waals surface area (Å²) in [5, 5.41) is 10.1. The molecule has 1 aromatic rings. The van der Waals surface area contributed by atoms with Crippen molar-refractivity contribution >= 4 is 17.4 Å². The summed E-state index contributed by atoms with van der Waals surface area (Å²) >= 11 is 5.95. The van der Waals surface area contributed by atoms with Crippen molar-refractivity contribution in [2.75, 3.05) is 7.11 Å². The van der Waals surface area contributed by atoms with Gasteiger partial charge in [-0.05, 0) is 50.6 Å². The highest BCUT2D eigenvalue weighted by Gasteiger charge is 2.17. The Morgan fingerprint density at radius 2 is 2.06 bits per heavy atom. The number of benzene rings is 1. The quantitative estimate of drug-likeness (QED) is 0.674. The lowest BCUT2D eigenvalue weighted by Crippen LogP contribution is -2.20. The Hall–Kier alpha value is -1.32. The third-order valence-corrected chi connectivity index (χ3v) is 3.04. The van der Waals surface area contributed by atoms with E-state index in [9.17, 15) is 9.90 Å². The van der Waals surface area contributed by atoms with Crippen LogP contribution in [-0.4, -0.2) is 23.6 Å². The minimum atomic E-state index is -1.01. The van der Waals surface area contributed by atoms with Crippen LogP contribution in [0.15, 0.2) is 29.8 Å². The van der Waals surface area contributed by atoms with Crippen molar-refractivity contribution in [3.63, 3.8) is 0 Å². The number of carbonyl (C=O) groups is 1. The van der Waals surface area contributed by atoms with E-state index in [-0.39, 0.29) is 5.78 Å². The fourth-order valence-corrected chi connectivity index (χ4v) is 1.53. The Labute approximate surface area is 112 Å². The first kappa shape index (κ1) is 14.7. The molecule has 0 aromatic heterocycles. The summed E-state index contributed by atoms with van der Waals surface area (Å²) in [5.41, 5.74) is 0.0511. The first-order valence-corrected chi connectivity index (χ1v) is 5.92. The topological polar surface area (TPSA) is 46.5 Å². The van der Waals surface area contributed by atoms with Crippen LogP contribution in [0.3, 0.4) is 0 Å². The summed E-state index contributed by atoms with van der Waals surface area (Å²) in [7, 11) is 1.51. The van der Waals surface area contributed by atoms with E-state index in [2.05, 4.69) is 0 Å². The summed E-state index contributed by atoms with van der Waals surface area (Å²) < 4.78 is 5.02. The molecule has 0 heterocycles. The van der Waals surface area contributed by atoms with Gasteiger partial charge in [-0.2, -0.15) is 0 Å². The Bertz CT molecular complexity index is 484. The molecule has 0 spiro atoms. The molecule has 98 valence electrons. The van der Waals surface area contributed by atoms with E-state index in [1.54, 1.807) is 39.0 Å². The number of rotatable bonds is 4. The van der Waals surface area contributed by atoms with Crippen molar-refractivity contribution < 1.29 is 14.6 Å². The monoisotopic (exact) mass is 268 g/mol. The van der Waals surface area contributed by atoms with Crippen LogP contribution in [-0.2, 0) is 0 Å². The summed E-state index contributed by atoms with van der Waals surface area (Å²) in [6.45, 7) is 4.98. The average molecular weight is 269 g/mol. The largest absolute Gasteiger partial charge is 0.495 e. The maximum atomic E-state index is 12.0. The van der Waals surface area contributed by atoms with E-state index < -0.39 is 5.60 Å². The predicted octanol–water partition coefficient (Wildman–Crippen LogP) is 3.25. The van der Waals surface area contributed by atoms with Crippen molar-refractivity contribution in [1.82, 2.24) is 0 Å². The zero-order valence-corrected chi connectivity index (χ0v) is 11.7. The Morgan fingerprint density at radius 1 is 1.44 bits per heavy atom. The van der Waals surface area contributed by atoms with E-state index in [0.717, 1.165) is 0 Å². The van der Waals surface area contributed by atoms with Gasteiger partial charge in [0.15, 0.2) is 5.78 Å². The molecule has 0 aliphatic carbocycles. The Morgan fingerprint density at radius 3 is 2.50 bits per heavy atom. The molecule has 0 saturated carbocycles. The predicted molar refractivity (Wildman–Crippen MR) is 72.4 cm³/mol. The minimum Gasteiger partial charge on any atom is -0.495 e. The molecule has 1 rings (SSSR count). The number of ketones is 1. The maximum absolute atomic E-state index is 12.0. The Balaban J connectivity index is 3.02. The molecule has 4 heteroatoms. The van der Waals surface area contributed by atoms with Crippen molar-refractivity contribution in [2.24, 2.45) is 0 Å². The molecular formula is C14H17ClO3. The lowest BCUT2D eigenvalue weighted by molar-refractivity contribution is 0.102. The molecule has 1 N–H and O–H groups in total. The Kier molecular flexibility index (Phi) is 4.54. The molecule has 18 heavy (non-hydrogen) atoms. The molecule has 0 bridgehead atoms. The summed E-state index contributed by atoms with van der Waals surface area (Å²) in [6, 6.07) is 4.83. The first-order chi connectivity index (χ1) is 8.25. The number of methoxy groups -OCH3 is 1. The van der Waals surface area contributed by atoms with Crippen LogP contribution < -0.4 is 4.74 Å². The maximum Gasteiger partial charge on any atom is 0.185 e. The van der Waals surface area contributed by atoms with Gasteiger partial charge < -0.3 is 9.84 Å². The molecule has 1 aromatic carbocycles. The highest BCUT2D eigenvalue weighted by molar-refractivity contribution is 6.32. The van der Waals surface area contributed by atoms with Crippen molar-refractivity contribution in [2.45, 2.75) is 26.4 Å². The van der Waals surface area contributed by atoms with Gasteiger partial charge in [-0.15, -0.1) is 0 Å². The van der Waals surface area contributed by atoms with Crippen LogP contribution in [0.25, 0.3) is 0 Å². The third kappa shape index (κ3) is 3.59. The van der Waals surface area contributed by atoms with Gasteiger partial charge in [0.2, 0.25) is 0 Å². The first-order valence-electron chi connectivity index (χ1n) is 5.54. The van der Waals surface area contributed by atoms with Gasteiger partial charge in [-0.3, -0.25) is 4.79 Å². The lowest BCUT2D eigenvalue weighted by atomic mass is 9.97. The SMILES string of the molecule is COc1ccc(C(=O)/C=C(/C)C(C)(C)O)cc1Cl. The smallest absolute Gasteiger partial charge is 0.185 e. The van der Waals surface area contributed by atoms with Gasteiger partial charge >= 0.3 is 0 Å². The number of aliphatic hydroxyl groups is 1. The highest BCUT2D eigenvalue weighted by Crippen LogP contribution is 2.25.